The van der Waals surface area contributed by atoms with Crippen LogP contribution in [0.5, 0.6) is 11.5 Å². The van der Waals surface area contributed by atoms with E-state index >= 15 is 0 Å². The van der Waals surface area contributed by atoms with Gasteiger partial charge in [-0.1, -0.05) is 41.4 Å². The van der Waals surface area contributed by atoms with E-state index in [0.29, 0.717) is 23.2 Å². The van der Waals surface area contributed by atoms with E-state index in [2.05, 4.69) is 10.2 Å². The molecule has 0 aromatic heterocycles. The number of ether oxygens (including phenoxy) is 2. The van der Waals surface area contributed by atoms with Gasteiger partial charge in [-0.15, -0.1) is 0 Å². The number of likely N-dealkylation sites (tertiary alicyclic amines) is 1. The van der Waals surface area contributed by atoms with Gasteiger partial charge in [-0.25, -0.2) is 0 Å². The molecule has 2 aliphatic rings. The standard InChI is InChI=1S/C22H24Cl2N2O3/c23-18-6-5-15(11-19(18)24)13-26-9-7-16(8-10-26)22(27)25-12-17-14-28-20-3-1-2-4-21(20)29-17/h1-6,11,16-17H,7-10,12-14H2,(H,25,27). The van der Waals surface area contributed by atoms with Crippen LogP contribution in [0.3, 0.4) is 0 Å². The lowest BCUT2D eigenvalue weighted by atomic mass is 9.95. The lowest BCUT2D eigenvalue weighted by Crippen LogP contribution is -2.45. The van der Waals surface area contributed by atoms with Crippen molar-refractivity contribution in [2.45, 2.75) is 25.5 Å². The fourth-order valence-electron chi connectivity index (χ4n) is 3.77. The van der Waals surface area contributed by atoms with Crippen molar-refractivity contribution in [3.05, 3.63) is 58.1 Å². The van der Waals surface area contributed by atoms with Gasteiger partial charge in [0, 0.05) is 12.5 Å². The van der Waals surface area contributed by atoms with Gasteiger partial charge < -0.3 is 14.8 Å². The Morgan fingerprint density at radius 3 is 2.59 bits per heavy atom. The molecule has 1 fully saturated rings. The number of nitrogens with one attached hydrogen (secondary N) is 1. The van der Waals surface area contributed by atoms with Gasteiger partial charge in [0.25, 0.3) is 0 Å². The molecule has 1 N–H and O–H groups in total. The van der Waals surface area contributed by atoms with Crippen molar-refractivity contribution < 1.29 is 14.3 Å². The maximum Gasteiger partial charge on any atom is 0.223 e. The summed E-state index contributed by atoms with van der Waals surface area (Å²) < 4.78 is 11.6. The van der Waals surface area contributed by atoms with Gasteiger partial charge in [-0.3, -0.25) is 9.69 Å². The molecule has 1 amide bonds. The number of halogens is 2. The van der Waals surface area contributed by atoms with Crippen molar-refractivity contribution in [1.82, 2.24) is 10.2 Å². The van der Waals surface area contributed by atoms with Gasteiger partial charge in [0.15, 0.2) is 11.5 Å². The van der Waals surface area contributed by atoms with Crippen LogP contribution >= 0.6 is 23.2 Å². The Kier molecular flexibility index (Phi) is 6.48. The lowest BCUT2D eigenvalue weighted by molar-refractivity contribution is -0.127. The number of fused-ring (bicyclic) bond motifs is 1. The number of benzene rings is 2. The van der Waals surface area contributed by atoms with Crippen LogP contribution in [0.15, 0.2) is 42.5 Å². The Balaban J connectivity index is 1.21. The van der Waals surface area contributed by atoms with Crippen LogP contribution in [0.1, 0.15) is 18.4 Å². The molecule has 1 atom stereocenters. The Morgan fingerprint density at radius 2 is 1.83 bits per heavy atom. The van der Waals surface area contributed by atoms with E-state index < -0.39 is 0 Å². The Bertz CT molecular complexity index is 869. The second-order valence-corrected chi connectivity index (χ2v) is 8.36. The summed E-state index contributed by atoms with van der Waals surface area (Å²) in [4.78, 5) is 14.9. The number of carbonyl (C=O) groups is 1. The number of carbonyl (C=O) groups excluding carboxylic acids is 1. The van der Waals surface area contributed by atoms with E-state index in [1.165, 1.54) is 0 Å². The van der Waals surface area contributed by atoms with Crippen LogP contribution in [-0.2, 0) is 11.3 Å². The number of rotatable bonds is 5. The van der Waals surface area contributed by atoms with Crippen LogP contribution in [0.25, 0.3) is 0 Å². The molecule has 0 saturated carbocycles. The van der Waals surface area contributed by atoms with Crippen LogP contribution in [0.4, 0.5) is 0 Å². The van der Waals surface area contributed by atoms with Crippen LogP contribution in [-0.4, -0.2) is 43.2 Å². The van der Waals surface area contributed by atoms with Gasteiger partial charge in [-0.2, -0.15) is 0 Å². The first-order valence-corrected chi connectivity index (χ1v) is 10.7. The van der Waals surface area contributed by atoms with Crippen LogP contribution < -0.4 is 14.8 Å². The van der Waals surface area contributed by atoms with Gasteiger partial charge in [-0.05, 0) is 55.8 Å². The Morgan fingerprint density at radius 1 is 1.07 bits per heavy atom. The zero-order valence-corrected chi connectivity index (χ0v) is 17.6. The third-order valence-corrected chi connectivity index (χ3v) is 6.16. The highest BCUT2D eigenvalue weighted by Crippen LogP contribution is 2.30. The van der Waals surface area contributed by atoms with E-state index in [1.54, 1.807) is 0 Å². The zero-order valence-electron chi connectivity index (χ0n) is 16.1. The highest BCUT2D eigenvalue weighted by molar-refractivity contribution is 6.42. The average molecular weight is 435 g/mol. The minimum atomic E-state index is -0.163. The highest BCUT2D eigenvalue weighted by atomic mass is 35.5. The van der Waals surface area contributed by atoms with Crippen molar-refractivity contribution >= 4 is 29.1 Å². The Labute approximate surface area is 180 Å². The summed E-state index contributed by atoms with van der Waals surface area (Å²) in [5, 5.41) is 4.19. The number of hydrogen-bond donors (Lipinski definition) is 1. The summed E-state index contributed by atoms with van der Waals surface area (Å²) in [6.45, 7) is 3.48. The zero-order chi connectivity index (χ0) is 20.2. The van der Waals surface area contributed by atoms with E-state index in [-0.39, 0.29) is 17.9 Å². The predicted molar refractivity (Wildman–Crippen MR) is 114 cm³/mol. The molecular weight excluding hydrogens is 411 g/mol. The number of piperidine rings is 1. The second kappa shape index (κ2) is 9.24. The molecule has 1 saturated heterocycles. The monoisotopic (exact) mass is 434 g/mol. The molecular formula is C22H24Cl2N2O3. The molecule has 1 unspecified atom stereocenters. The van der Waals surface area contributed by atoms with Crippen molar-refractivity contribution in [3.63, 3.8) is 0 Å². The van der Waals surface area contributed by atoms with Crippen molar-refractivity contribution in [1.29, 1.82) is 0 Å². The minimum absolute atomic E-state index is 0.0388. The van der Waals surface area contributed by atoms with Crippen molar-refractivity contribution in [2.75, 3.05) is 26.2 Å². The first kappa shape index (κ1) is 20.3. The van der Waals surface area contributed by atoms with Crippen LogP contribution in [0.2, 0.25) is 10.0 Å². The summed E-state index contributed by atoms with van der Waals surface area (Å²) in [5.41, 5.74) is 1.14. The molecule has 2 aromatic carbocycles. The van der Waals surface area contributed by atoms with E-state index in [9.17, 15) is 4.79 Å². The van der Waals surface area contributed by atoms with Crippen LogP contribution in [0, 0.1) is 5.92 Å². The maximum atomic E-state index is 12.6. The maximum absolute atomic E-state index is 12.6. The van der Waals surface area contributed by atoms with Gasteiger partial charge in [0.1, 0.15) is 12.7 Å². The van der Waals surface area contributed by atoms with E-state index in [0.717, 1.165) is 49.5 Å². The van der Waals surface area contributed by atoms with Crippen molar-refractivity contribution in [3.8, 4) is 11.5 Å². The smallest absolute Gasteiger partial charge is 0.223 e. The summed E-state index contributed by atoms with van der Waals surface area (Å²) >= 11 is 12.1. The molecule has 2 aromatic rings. The molecule has 29 heavy (non-hydrogen) atoms. The van der Waals surface area contributed by atoms with E-state index in [1.807, 2.05) is 42.5 Å². The van der Waals surface area contributed by atoms with Gasteiger partial charge in [0.05, 0.1) is 16.6 Å². The van der Waals surface area contributed by atoms with E-state index in [4.69, 9.17) is 32.7 Å². The third-order valence-electron chi connectivity index (χ3n) is 5.42. The molecule has 0 spiro atoms. The first-order valence-electron chi connectivity index (χ1n) is 9.91. The number of para-hydroxylation sites is 2. The summed E-state index contributed by atoms with van der Waals surface area (Å²) in [7, 11) is 0. The molecule has 2 aliphatic heterocycles. The SMILES string of the molecule is O=C(NCC1COc2ccccc2O1)C1CCN(Cc2ccc(Cl)c(Cl)c2)CC1. The summed E-state index contributed by atoms with van der Waals surface area (Å²) in [5.74, 6) is 1.62. The first-order chi connectivity index (χ1) is 14.1. The minimum Gasteiger partial charge on any atom is -0.486 e. The number of hydrogen-bond acceptors (Lipinski definition) is 4. The van der Waals surface area contributed by atoms with Gasteiger partial charge >= 0.3 is 0 Å². The average Bonchev–Trinajstić information content (AvgIpc) is 2.75. The van der Waals surface area contributed by atoms with Gasteiger partial charge in [0.2, 0.25) is 5.91 Å². The van der Waals surface area contributed by atoms with Crippen molar-refractivity contribution in [2.24, 2.45) is 5.92 Å². The summed E-state index contributed by atoms with van der Waals surface area (Å²) in [6.07, 6.45) is 1.53. The third kappa shape index (κ3) is 5.16. The molecule has 0 aliphatic carbocycles. The number of nitrogens with zero attached hydrogens (tertiary/aromatic N) is 1. The quantitative estimate of drug-likeness (QED) is 0.767. The topological polar surface area (TPSA) is 50.8 Å². The molecule has 154 valence electrons. The fourth-order valence-corrected chi connectivity index (χ4v) is 4.09. The largest absolute Gasteiger partial charge is 0.486 e. The highest BCUT2D eigenvalue weighted by Gasteiger charge is 2.27. The molecule has 7 heteroatoms. The number of amides is 1. The lowest BCUT2D eigenvalue weighted by Gasteiger charge is -2.32. The molecule has 5 nitrogen and oxygen atoms in total. The molecule has 0 bridgehead atoms. The fraction of sp³-hybridized carbons (Fsp3) is 0.409. The molecule has 2 heterocycles. The normalized spacial score (nSPS) is 19.7. The second-order valence-electron chi connectivity index (χ2n) is 7.54. The summed E-state index contributed by atoms with van der Waals surface area (Å²) in [6, 6.07) is 13.3. The Hall–Kier alpha value is -1.95. The molecule has 0 radical (unpaired) electrons. The molecule has 4 rings (SSSR count). The predicted octanol–water partition coefficient (Wildman–Crippen LogP) is 4.16.